The van der Waals surface area contributed by atoms with Gasteiger partial charge in [-0.2, -0.15) is 0 Å². The number of likely N-dealkylation sites (tertiary alicyclic amines) is 2. The molecule has 2 heterocycles. The van der Waals surface area contributed by atoms with Gasteiger partial charge in [0.2, 0.25) is 5.91 Å². The van der Waals surface area contributed by atoms with Gasteiger partial charge in [0, 0.05) is 37.7 Å². The van der Waals surface area contributed by atoms with Gasteiger partial charge in [0.25, 0.3) is 5.91 Å². The van der Waals surface area contributed by atoms with E-state index in [1.807, 2.05) is 29.2 Å². The molecule has 28 heavy (non-hydrogen) atoms. The Balaban J connectivity index is 1.26. The van der Waals surface area contributed by atoms with Gasteiger partial charge in [-0.15, -0.1) is 0 Å². The van der Waals surface area contributed by atoms with Crippen LogP contribution >= 0.6 is 0 Å². The number of amides is 2. The fourth-order valence-corrected chi connectivity index (χ4v) is 4.35. The summed E-state index contributed by atoms with van der Waals surface area (Å²) in [6, 6.07) is 7.50. The molecule has 1 aromatic rings. The number of carbonyl (C=O) groups excluding carboxylic acids is 2. The zero-order valence-corrected chi connectivity index (χ0v) is 16.9. The van der Waals surface area contributed by atoms with Crippen LogP contribution in [-0.4, -0.2) is 54.4 Å². The molecule has 0 bridgehead atoms. The van der Waals surface area contributed by atoms with Crippen LogP contribution in [0.4, 0.5) is 0 Å². The van der Waals surface area contributed by atoms with Gasteiger partial charge in [0.15, 0.2) is 0 Å². The first kappa shape index (κ1) is 19.3. The Labute approximate surface area is 168 Å². The molecule has 1 aliphatic carbocycles. The minimum Gasteiger partial charge on any atom is -0.493 e. The molecule has 2 saturated heterocycles. The molecule has 1 atom stereocenters. The highest BCUT2D eigenvalue weighted by molar-refractivity contribution is 5.94. The summed E-state index contributed by atoms with van der Waals surface area (Å²) in [6.45, 7) is 6.13. The molecule has 3 aliphatic rings. The molecule has 1 aromatic carbocycles. The number of piperidine rings is 2. The van der Waals surface area contributed by atoms with Crippen molar-refractivity contribution in [2.75, 3.05) is 32.8 Å². The van der Waals surface area contributed by atoms with Gasteiger partial charge >= 0.3 is 0 Å². The summed E-state index contributed by atoms with van der Waals surface area (Å²) >= 11 is 0. The number of rotatable bonds is 5. The molecule has 0 aromatic heterocycles. The fraction of sp³-hybridized carbons (Fsp3) is 0.652. The molecule has 5 nitrogen and oxygen atoms in total. The standard InChI is InChI=1S/C23H32N2O3/c1-17-3-2-12-25(15-17)23(27)20-10-13-24(14-11-20)22(26)19-6-8-21(9-7-19)28-16-18-4-5-18/h6-9,17-18,20H,2-5,10-16H2,1H3. The highest BCUT2D eigenvalue weighted by Crippen LogP contribution is 2.30. The summed E-state index contributed by atoms with van der Waals surface area (Å²) < 4.78 is 5.75. The molecular weight excluding hydrogens is 352 g/mol. The Morgan fingerprint density at radius 2 is 1.68 bits per heavy atom. The lowest BCUT2D eigenvalue weighted by atomic mass is 9.92. The summed E-state index contributed by atoms with van der Waals surface area (Å²) in [6.07, 6.45) is 6.43. The SMILES string of the molecule is CC1CCCN(C(=O)C2CCN(C(=O)c3ccc(OCC4CC4)cc3)CC2)C1. The van der Waals surface area contributed by atoms with E-state index in [9.17, 15) is 9.59 Å². The van der Waals surface area contributed by atoms with E-state index in [0.717, 1.165) is 50.6 Å². The molecule has 0 spiro atoms. The minimum atomic E-state index is 0.0613. The number of ether oxygens (including phenoxy) is 1. The second-order valence-corrected chi connectivity index (χ2v) is 8.88. The molecule has 1 unspecified atom stereocenters. The predicted molar refractivity (Wildman–Crippen MR) is 108 cm³/mol. The smallest absolute Gasteiger partial charge is 0.253 e. The van der Waals surface area contributed by atoms with Gasteiger partial charge in [-0.1, -0.05) is 6.92 Å². The molecule has 152 valence electrons. The van der Waals surface area contributed by atoms with Crippen molar-refractivity contribution in [3.8, 4) is 5.75 Å². The van der Waals surface area contributed by atoms with Crippen molar-refractivity contribution in [3.63, 3.8) is 0 Å². The fourth-order valence-electron chi connectivity index (χ4n) is 4.35. The van der Waals surface area contributed by atoms with E-state index in [1.54, 1.807) is 0 Å². The lowest BCUT2D eigenvalue weighted by Gasteiger charge is -2.37. The van der Waals surface area contributed by atoms with Crippen molar-refractivity contribution in [2.24, 2.45) is 17.8 Å². The summed E-state index contributed by atoms with van der Waals surface area (Å²) in [7, 11) is 0. The van der Waals surface area contributed by atoms with Crippen molar-refractivity contribution >= 4 is 11.8 Å². The van der Waals surface area contributed by atoms with Crippen molar-refractivity contribution in [1.82, 2.24) is 9.80 Å². The van der Waals surface area contributed by atoms with Crippen molar-refractivity contribution in [3.05, 3.63) is 29.8 Å². The maximum absolute atomic E-state index is 12.8. The molecule has 0 radical (unpaired) electrons. The molecule has 4 rings (SSSR count). The first-order valence-corrected chi connectivity index (χ1v) is 10.9. The molecular formula is C23H32N2O3. The Hall–Kier alpha value is -2.04. The van der Waals surface area contributed by atoms with Crippen LogP contribution in [0.25, 0.3) is 0 Å². The van der Waals surface area contributed by atoms with Gasteiger partial charge in [-0.25, -0.2) is 0 Å². The number of nitrogens with zero attached hydrogens (tertiary/aromatic N) is 2. The zero-order chi connectivity index (χ0) is 19.5. The van der Waals surface area contributed by atoms with Crippen molar-refractivity contribution in [2.45, 2.75) is 45.4 Å². The minimum absolute atomic E-state index is 0.0613. The molecule has 5 heteroatoms. The van der Waals surface area contributed by atoms with E-state index < -0.39 is 0 Å². The third-order valence-corrected chi connectivity index (χ3v) is 6.38. The van der Waals surface area contributed by atoms with Gasteiger partial charge in [0.05, 0.1) is 6.61 Å². The van der Waals surface area contributed by atoms with E-state index in [4.69, 9.17) is 4.74 Å². The first-order chi connectivity index (χ1) is 13.6. The first-order valence-electron chi connectivity index (χ1n) is 10.9. The largest absolute Gasteiger partial charge is 0.493 e. The summed E-state index contributed by atoms with van der Waals surface area (Å²) in [5.74, 6) is 2.60. The summed E-state index contributed by atoms with van der Waals surface area (Å²) in [4.78, 5) is 29.5. The van der Waals surface area contributed by atoms with E-state index in [0.29, 0.717) is 30.5 Å². The molecule has 2 amide bonds. The van der Waals surface area contributed by atoms with Gasteiger partial charge in [-0.05, 0) is 74.6 Å². The molecule has 0 N–H and O–H groups in total. The van der Waals surface area contributed by atoms with Gasteiger partial charge in [-0.3, -0.25) is 9.59 Å². The molecule has 2 aliphatic heterocycles. The van der Waals surface area contributed by atoms with Crippen LogP contribution in [0.15, 0.2) is 24.3 Å². The van der Waals surface area contributed by atoms with Crippen LogP contribution in [0, 0.1) is 17.8 Å². The third kappa shape index (κ3) is 4.68. The van der Waals surface area contributed by atoms with Gasteiger partial charge < -0.3 is 14.5 Å². The van der Waals surface area contributed by atoms with Crippen molar-refractivity contribution in [1.29, 1.82) is 0 Å². The molecule has 1 saturated carbocycles. The normalized spacial score (nSPS) is 23.5. The second-order valence-electron chi connectivity index (χ2n) is 8.88. The zero-order valence-electron chi connectivity index (χ0n) is 16.9. The van der Waals surface area contributed by atoms with Crippen molar-refractivity contribution < 1.29 is 14.3 Å². The number of benzene rings is 1. The maximum atomic E-state index is 12.8. The van der Waals surface area contributed by atoms with Crippen LogP contribution in [-0.2, 0) is 4.79 Å². The van der Waals surface area contributed by atoms with Crippen LogP contribution in [0.1, 0.15) is 55.8 Å². The van der Waals surface area contributed by atoms with Crippen LogP contribution in [0.2, 0.25) is 0 Å². The van der Waals surface area contributed by atoms with Crippen LogP contribution < -0.4 is 4.74 Å². The lowest BCUT2D eigenvalue weighted by Crippen LogP contribution is -2.47. The quantitative estimate of drug-likeness (QED) is 0.780. The second kappa shape index (κ2) is 8.54. The topological polar surface area (TPSA) is 49.9 Å². The van der Waals surface area contributed by atoms with Crippen LogP contribution in [0.5, 0.6) is 5.75 Å². The van der Waals surface area contributed by atoms with E-state index >= 15 is 0 Å². The Morgan fingerprint density at radius 1 is 0.964 bits per heavy atom. The number of carbonyl (C=O) groups is 2. The Kier molecular flexibility index (Phi) is 5.88. The summed E-state index contributed by atoms with van der Waals surface area (Å²) in [5, 5.41) is 0. The van der Waals surface area contributed by atoms with E-state index in [1.165, 1.54) is 19.3 Å². The predicted octanol–water partition coefficient (Wildman–Crippen LogP) is 3.59. The number of hydrogen-bond donors (Lipinski definition) is 0. The van der Waals surface area contributed by atoms with Gasteiger partial charge in [0.1, 0.15) is 5.75 Å². The number of hydrogen-bond acceptors (Lipinski definition) is 3. The Bertz CT molecular complexity index is 690. The molecule has 3 fully saturated rings. The highest BCUT2D eigenvalue weighted by Gasteiger charge is 2.32. The van der Waals surface area contributed by atoms with E-state index in [-0.39, 0.29) is 11.8 Å². The average Bonchev–Trinajstić information content (AvgIpc) is 3.56. The van der Waals surface area contributed by atoms with E-state index in [2.05, 4.69) is 11.8 Å². The maximum Gasteiger partial charge on any atom is 0.253 e. The lowest BCUT2D eigenvalue weighted by molar-refractivity contribution is -0.138. The average molecular weight is 385 g/mol. The third-order valence-electron chi connectivity index (χ3n) is 6.38. The Morgan fingerprint density at radius 3 is 2.32 bits per heavy atom. The van der Waals surface area contributed by atoms with Crippen LogP contribution in [0.3, 0.4) is 0 Å². The highest BCUT2D eigenvalue weighted by atomic mass is 16.5. The summed E-state index contributed by atoms with van der Waals surface area (Å²) in [5.41, 5.74) is 0.702. The monoisotopic (exact) mass is 384 g/mol.